The van der Waals surface area contributed by atoms with Crippen molar-refractivity contribution < 1.29 is 14.6 Å². The molecule has 0 saturated heterocycles. The highest BCUT2D eigenvalue weighted by molar-refractivity contribution is 6.31. The molecule has 6 heteroatoms. The van der Waals surface area contributed by atoms with Gasteiger partial charge in [0.2, 0.25) is 0 Å². The molecule has 5 aromatic rings. The van der Waals surface area contributed by atoms with E-state index in [0.29, 0.717) is 17.3 Å². The highest BCUT2D eigenvalue weighted by Crippen LogP contribution is 2.28. The van der Waals surface area contributed by atoms with Crippen LogP contribution in [-0.2, 0) is 11.3 Å². The molecule has 0 fully saturated rings. The maximum Gasteiger partial charge on any atom is 0.341 e. The van der Waals surface area contributed by atoms with E-state index in [4.69, 9.17) is 21.4 Å². The molecule has 0 aliphatic rings. The summed E-state index contributed by atoms with van der Waals surface area (Å²) in [5.41, 5.74) is 4.78. The lowest BCUT2D eigenvalue weighted by Gasteiger charge is -2.11. The largest absolute Gasteiger partial charge is 0.480 e. The fourth-order valence-electron chi connectivity index (χ4n) is 3.99. The van der Waals surface area contributed by atoms with E-state index in [0.717, 1.165) is 38.6 Å². The molecular weight excluding hydrogens is 448 g/mol. The van der Waals surface area contributed by atoms with Gasteiger partial charge in [-0.25, -0.2) is 9.78 Å². The lowest BCUT2D eigenvalue weighted by Crippen LogP contribution is -2.10. The van der Waals surface area contributed by atoms with Crippen molar-refractivity contribution in [3.63, 3.8) is 0 Å². The van der Waals surface area contributed by atoms with Crippen molar-refractivity contribution in [2.24, 2.45) is 0 Å². The number of rotatable bonds is 7. The number of fused-ring (bicyclic) bond motifs is 2. The van der Waals surface area contributed by atoms with Crippen LogP contribution in [0, 0.1) is 0 Å². The van der Waals surface area contributed by atoms with Gasteiger partial charge in [-0.05, 0) is 53.6 Å². The number of benzene rings is 3. The molecule has 2 heterocycles. The number of pyridine rings is 1. The number of hydrogen-bond acceptors (Lipinski definition) is 3. The van der Waals surface area contributed by atoms with Crippen LogP contribution in [0.5, 0.6) is 5.75 Å². The van der Waals surface area contributed by atoms with Crippen molar-refractivity contribution >= 4 is 51.5 Å². The standard InChI is InChI=1S/C28H21ClN2O3/c29-23-10-8-21-9-12-24(30-25(21)16-23)11-7-19-3-1-4-20(15-19)17-31-14-13-22-5-2-6-26(28(22)31)34-18-27(32)33/h1-16H,17-18H2,(H,32,33)/b11-7+. The van der Waals surface area contributed by atoms with E-state index in [1.165, 1.54) is 0 Å². The Hall–Kier alpha value is -4.09. The first-order valence-electron chi connectivity index (χ1n) is 10.8. The number of carboxylic acid groups (broad SMARTS) is 1. The SMILES string of the molecule is O=C(O)COc1cccc2ccn(Cc3cccc(/C=C/c4ccc5ccc(Cl)cc5n4)c3)c12. The monoisotopic (exact) mass is 468 g/mol. The van der Waals surface area contributed by atoms with Crippen molar-refractivity contribution in [2.45, 2.75) is 6.54 Å². The first-order chi connectivity index (χ1) is 16.5. The van der Waals surface area contributed by atoms with E-state index >= 15 is 0 Å². The van der Waals surface area contributed by atoms with Gasteiger partial charge in [-0.1, -0.05) is 60.1 Å². The Morgan fingerprint density at radius 3 is 2.71 bits per heavy atom. The van der Waals surface area contributed by atoms with Gasteiger partial charge in [-0.3, -0.25) is 0 Å². The summed E-state index contributed by atoms with van der Waals surface area (Å²) in [6, 6.07) is 25.6. The molecule has 0 spiro atoms. The predicted molar refractivity (Wildman–Crippen MR) is 136 cm³/mol. The number of carbonyl (C=O) groups is 1. The van der Waals surface area contributed by atoms with E-state index < -0.39 is 5.97 Å². The number of para-hydroxylation sites is 1. The van der Waals surface area contributed by atoms with Crippen LogP contribution in [0.3, 0.4) is 0 Å². The zero-order valence-electron chi connectivity index (χ0n) is 18.2. The average Bonchev–Trinajstić information content (AvgIpc) is 3.24. The third kappa shape index (κ3) is 4.80. The van der Waals surface area contributed by atoms with Gasteiger partial charge in [0.1, 0.15) is 5.75 Å². The summed E-state index contributed by atoms with van der Waals surface area (Å²) in [6.45, 7) is 0.255. The number of hydrogen-bond donors (Lipinski definition) is 1. The third-order valence-corrected chi connectivity index (χ3v) is 5.76. The molecule has 1 N–H and O–H groups in total. The fourth-order valence-corrected chi connectivity index (χ4v) is 4.15. The van der Waals surface area contributed by atoms with Gasteiger partial charge in [0.15, 0.2) is 6.61 Å². The summed E-state index contributed by atoms with van der Waals surface area (Å²) in [7, 11) is 0. The molecular formula is C28H21ClN2O3. The lowest BCUT2D eigenvalue weighted by atomic mass is 10.1. The van der Waals surface area contributed by atoms with Crippen LogP contribution in [0.1, 0.15) is 16.8 Å². The lowest BCUT2D eigenvalue weighted by molar-refractivity contribution is -0.139. The molecule has 34 heavy (non-hydrogen) atoms. The molecule has 0 amide bonds. The maximum atomic E-state index is 11.0. The number of aliphatic carboxylic acids is 1. The van der Waals surface area contributed by atoms with Crippen molar-refractivity contribution in [1.29, 1.82) is 0 Å². The normalized spacial score (nSPS) is 11.4. The Balaban J connectivity index is 1.39. The number of nitrogens with zero attached hydrogens (tertiary/aromatic N) is 2. The molecule has 0 bridgehead atoms. The van der Waals surface area contributed by atoms with Crippen molar-refractivity contribution in [1.82, 2.24) is 9.55 Å². The molecule has 2 aromatic heterocycles. The molecule has 0 saturated carbocycles. The van der Waals surface area contributed by atoms with Gasteiger partial charge in [-0.15, -0.1) is 0 Å². The highest BCUT2D eigenvalue weighted by atomic mass is 35.5. The van der Waals surface area contributed by atoms with Crippen LogP contribution in [-0.4, -0.2) is 27.2 Å². The molecule has 0 unspecified atom stereocenters. The number of ether oxygens (including phenoxy) is 1. The Kier molecular flexibility index (Phi) is 6.02. The summed E-state index contributed by atoms with van der Waals surface area (Å²) in [5, 5.41) is 11.7. The first kappa shape index (κ1) is 21.7. The molecule has 0 aliphatic carbocycles. The maximum absolute atomic E-state index is 11.0. The number of carboxylic acids is 1. The van der Waals surface area contributed by atoms with E-state index in [2.05, 4.69) is 21.7 Å². The van der Waals surface area contributed by atoms with Gasteiger partial charge in [0.25, 0.3) is 0 Å². The molecule has 168 valence electrons. The molecule has 0 aliphatic heterocycles. The minimum Gasteiger partial charge on any atom is -0.480 e. The van der Waals surface area contributed by atoms with Gasteiger partial charge in [-0.2, -0.15) is 0 Å². The smallest absolute Gasteiger partial charge is 0.341 e. The summed E-state index contributed by atoms with van der Waals surface area (Å²) in [5.74, 6) is -0.443. The minimum absolute atomic E-state index is 0.375. The summed E-state index contributed by atoms with van der Waals surface area (Å²) in [4.78, 5) is 15.6. The van der Waals surface area contributed by atoms with Gasteiger partial charge in [0.05, 0.1) is 16.7 Å². The molecule has 5 nitrogen and oxygen atoms in total. The van der Waals surface area contributed by atoms with E-state index in [1.54, 1.807) is 6.07 Å². The second-order valence-corrected chi connectivity index (χ2v) is 8.41. The van der Waals surface area contributed by atoms with Crippen LogP contribution in [0.15, 0.2) is 85.1 Å². The Morgan fingerprint density at radius 1 is 0.971 bits per heavy atom. The highest BCUT2D eigenvalue weighted by Gasteiger charge is 2.10. The van der Waals surface area contributed by atoms with Crippen LogP contribution in [0.2, 0.25) is 5.02 Å². The van der Waals surface area contributed by atoms with Gasteiger partial charge >= 0.3 is 5.97 Å². The van der Waals surface area contributed by atoms with Crippen LogP contribution >= 0.6 is 11.6 Å². The number of halogens is 1. The van der Waals surface area contributed by atoms with E-state index in [1.807, 2.05) is 79.0 Å². The molecule has 3 aromatic carbocycles. The van der Waals surface area contributed by atoms with Crippen LogP contribution in [0.4, 0.5) is 0 Å². The Bertz CT molecular complexity index is 1540. The fraction of sp³-hybridized carbons (Fsp3) is 0.0714. The second kappa shape index (κ2) is 9.41. The van der Waals surface area contributed by atoms with Crippen molar-refractivity contribution in [3.05, 3.63) is 107 Å². The molecule has 0 radical (unpaired) electrons. The van der Waals surface area contributed by atoms with E-state index in [-0.39, 0.29) is 6.61 Å². The third-order valence-electron chi connectivity index (χ3n) is 5.53. The molecule has 0 atom stereocenters. The summed E-state index contributed by atoms with van der Waals surface area (Å²) in [6.07, 6.45) is 6.02. The summed E-state index contributed by atoms with van der Waals surface area (Å²) >= 11 is 6.10. The van der Waals surface area contributed by atoms with Gasteiger partial charge in [0, 0.05) is 28.5 Å². The number of aromatic nitrogens is 2. The van der Waals surface area contributed by atoms with Gasteiger partial charge < -0.3 is 14.4 Å². The Labute approximate surface area is 201 Å². The average molecular weight is 469 g/mol. The Morgan fingerprint density at radius 2 is 1.82 bits per heavy atom. The quantitative estimate of drug-likeness (QED) is 0.295. The van der Waals surface area contributed by atoms with E-state index in [9.17, 15) is 4.79 Å². The van der Waals surface area contributed by atoms with Crippen molar-refractivity contribution in [2.75, 3.05) is 6.61 Å². The molecule has 5 rings (SSSR count). The van der Waals surface area contributed by atoms with Crippen LogP contribution in [0.25, 0.3) is 34.0 Å². The topological polar surface area (TPSA) is 64.3 Å². The summed E-state index contributed by atoms with van der Waals surface area (Å²) < 4.78 is 7.59. The predicted octanol–water partition coefficient (Wildman–Crippen LogP) is 6.53. The minimum atomic E-state index is -1.00. The zero-order valence-corrected chi connectivity index (χ0v) is 18.9. The van der Waals surface area contributed by atoms with Crippen LogP contribution < -0.4 is 4.74 Å². The zero-order chi connectivity index (χ0) is 23.5. The van der Waals surface area contributed by atoms with Crippen molar-refractivity contribution in [3.8, 4) is 5.75 Å². The second-order valence-electron chi connectivity index (χ2n) is 7.97. The first-order valence-corrected chi connectivity index (χ1v) is 11.2.